The Morgan fingerprint density at radius 3 is 2.81 bits per heavy atom. The Hall–Kier alpha value is -2.03. The van der Waals surface area contributed by atoms with E-state index in [2.05, 4.69) is 0 Å². The third kappa shape index (κ3) is 1.84. The van der Waals surface area contributed by atoms with Crippen LogP contribution < -0.4 is 5.73 Å². The lowest BCUT2D eigenvalue weighted by atomic mass is 10.0. The van der Waals surface area contributed by atoms with Crippen LogP contribution in [0.2, 0.25) is 0 Å². The van der Waals surface area contributed by atoms with E-state index in [1.165, 1.54) is 0 Å². The monoisotopic (exact) mass is 215 g/mol. The molecule has 2 aromatic rings. The average molecular weight is 215 g/mol. The van der Waals surface area contributed by atoms with Gasteiger partial charge >= 0.3 is 5.97 Å². The maximum Gasteiger partial charge on any atom is 0.338 e. The summed E-state index contributed by atoms with van der Waals surface area (Å²) in [7, 11) is 0. The SMILES string of the molecule is CCOC(=O)c1cc(N)cc2ccccc12. The lowest BCUT2D eigenvalue weighted by Crippen LogP contribution is -2.06. The first-order valence-electron chi connectivity index (χ1n) is 5.17. The Labute approximate surface area is 93.8 Å². The number of anilines is 1. The molecule has 0 spiro atoms. The van der Waals surface area contributed by atoms with Gasteiger partial charge in [-0.3, -0.25) is 0 Å². The van der Waals surface area contributed by atoms with E-state index in [1.807, 2.05) is 30.3 Å². The molecule has 0 aliphatic rings. The highest BCUT2D eigenvalue weighted by Gasteiger charge is 2.11. The van der Waals surface area contributed by atoms with Crippen LogP contribution in [0, 0.1) is 0 Å². The fourth-order valence-corrected chi connectivity index (χ4v) is 1.71. The van der Waals surface area contributed by atoms with Gasteiger partial charge in [0.2, 0.25) is 0 Å². The third-order valence-corrected chi connectivity index (χ3v) is 2.38. The summed E-state index contributed by atoms with van der Waals surface area (Å²) >= 11 is 0. The molecule has 0 fully saturated rings. The lowest BCUT2D eigenvalue weighted by molar-refractivity contribution is 0.0529. The minimum atomic E-state index is -0.328. The molecule has 3 nitrogen and oxygen atoms in total. The zero-order valence-corrected chi connectivity index (χ0v) is 9.07. The molecule has 82 valence electrons. The van der Waals surface area contributed by atoms with Crippen LogP contribution in [-0.2, 0) is 4.74 Å². The van der Waals surface area contributed by atoms with Crippen molar-refractivity contribution in [2.45, 2.75) is 6.92 Å². The van der Waals surface area contributed by atoms with Crippen molar-refractivity contribution in [3.8, 4) is 0 Å². The molecule has 0 amide bonds. The van der Waals surface area contributed by atoms with Gasteiger partial charge in [0.25, 0.3) is 0 Å². The van der Waals surface area contributed by atoms with Crippen molar-refractivity contribution in [1.29, 1.82) is 0 Å². The van der Waals surface area contributed by atoms with Crippen molar-refractivity contribution in [1.82, 2.24) is 0 Å². The van der Waals surface area contributed by atoms with E-state index in [1.54, 1.807) is 13.0 Å². The number of carbonyl (C=O) groups is 1. The third-order valence-electron chi connectivity index (χ3n) is 2.38. The standard InChI is InChI=1S/C13H13NO2/c1-2-16-13(15)12-8-10(14)7-9-5-3-4-6-11(9)12/h3-8H,2,14H2,1H3. The predicted octanol–water partition coefficient (Wildman–Crippen LogP) is 2.60. The molecular formula is C13H13NO2. The molecule has 0 aromatic heterocycles. The number of hydrogen-bond donors (Lipinski definition) is 1. The molecule has 0 heterocycles. The number of fused-ring (bicyclic) bond motifs is 1. The molecule has 0 aliphatic heterocycles. The van der Waals surface area contributed by atoms with E-state index < -0.39 is 0 Å². The van der Waals surface area contributed by atoms with Crippen molar-refractivity contribution >= 4 is 22.4 Å². The van der Waals surface area contributed by atoms with Crippen LogP contribution in [0.3, 0.4) is 0 Å². The molecule has 3 heteroatoms. The van der Waals surface area contributed by atoms with Gasteiger partial charge < -0.3 is 10.5 Å². The van der Waals surface area contributed by atoms with E-state index in [9.17, 15) is 4.79 Å². The molecule has 16 heavy (non-hydrogen) atoms. The van der Waals surface area contributed by atoms with Gasteiger partial charge in [-0.2, -0.15) is 0 Å². The fourth-order valence-electron chi connectivity index (χ4n) is 1.71. The Morgan fingerprint density at radius 2 is 2.06 bits per heavy atom. The summed E-state index contributed by atoms with van der Waals surface area (Å²) in [4.78, 5) is 11.7. The fraction of sp³-hybridized carbons (Fsp3) is 0.154. The summed E-state index contributed by atoms with van der Waals surface area (Å²) in [5.74, 6) is -0.328. The highest BCUT2D eigenvalue weighted by atomic mass is 16.5. The van der Waals surface area contributed by atoms with E-state index in [0.717, 1.165) is 10.8 Å². The summed E-state index contributed by atoms with van der Waals surface area (Å²) in [6, 6.07) is 11.1. The van der Waals surface area contributed by atoms with Crippen molar-refractivity contribution in [3.63, 3.8) is 0 Å². The Morgan fingerprint density at radius 1 is 1.31 bits per heavy atom. The number of nitrogens with two attached hydrogens (primary N) is 1. The summed E-state index contributed by atoms with van der Waals surface area (Å²) in [6.45, 7) is 2.15. The van der Waals surface area contributed by atoms with Gasteiger partial charge in [0.1, 0.15) is 0 Å². The molecule has 2 N–H and O–H groups in total. The minimum Gasteiger partial charge on any atom is -0.462 e. The smallest absolute Gasteiger partial charge is 0.338 e. The van der Waals surface area contributed by atoms with E-state index in [0.29, 0.717) is 17.9 Å². The summed E-state index contributed by atoms with van der Waals surface area (Å²) in [6.07, 6.45) is 0. The van der Waals surface area contributed by atoms with E-state index in [4.69, 9.17) is 10.5 Å². The van der Waals surface area contributed by atoms with Crippen molar-refractivity contribution in [3.05, 3.63) is 42.0 Å². The highest BCUT2D eigenvalue weighted by Crippen LogP contribution is 2.23. The number of esters is 1. The zero-order chi connectivity index (χ0) is 11.5. The molecule has 0 saturated heterocycles. The first-order valence-corrected chi connectivity index (χ1v) is 5.17. The number of benzene rings is 2. The molecule has 2 aromatic carbocycles. The van der Waals surface area contributed by atoms with Crippen LogP contribution >= 0.6 is 0 Å². The number of hydrogen-bond acceptors (Lipinski definition) is 3. The zero-order valence-electron chi connectivity index (χ0n) is 9.07. The van der Waals surface area contributed by atoms with Gasteiger partial charge in [-0.05, 0) is 29.8 Å². The molecule has 2 rings (SSSR count). The second-order valence-electron chi connectivity index (χ2n) is 3.51. The van der Waals surface area contributed by atoms with Gasteiger partial charge in [-0.1, -0.05) is 24.3 Å². The Balaban J connectivity index is 2.63. The van der Waals surface area contributed by atoms with Gasteiger partial charge in [0.15, 0.2) is 0 Å². The second kappa shape index (κ2) is 4.23. The molecule has 0 aliphatic carbocycles. The van der Waals surface area contributed by atoms with E-state index >= 15 is 0 Å². The van der Waals surface area contributed by atoms with Crippen LogP contribution in [0.25, 0.3) is 10.8 Å². The molecule has 0 bridgehead atoms. The van der Waals surface area contributed by atoms with Crippen molar-refractivity contribution in [2.24, 2.45) is 0 Å². The average Bonchev–Trinajstić information content (AvgIpc) is 2.28. The Kier molecular flexibility index (Phi) is 2.77. The summed E-state index contributed by atoms with van der Waals surface area (Å²) in [5, 5.41) is 1.82. The number of ether oxygens (including phenoxy) is 1. The maximum atomic E-state index is 11.7. The topological polar surface area (TPSA) is 52.3 Å². The van der Waals surface area contributed by atoms with Gasteiger partial charge in [0.05, 0.1) is 12.2 Å². The van der Waals surface area contributed by atoms with Gasteiger partial charge in [0, 0.05) is 5.69 Å². The molecule has 0 atom stereocenters. The van der Waals surface area contributed by atoms with Crippen molar-refractivity contribution in [2.75, 3.05) is 12.3 Å². The van der Waals surface area contributed by atoms with Crippen LogP contribution in [0.4, 0.5) is 5.69 Å². The molecule has 0 radical (unpaired) electrons. The molecule has 0 unspecified atom stereocenters. The van der Waals surface area contributed by atoms with Crippen LogP contribution in [-0.4, -0.2) is 12.6 Å². The minimum absolute atomic E-state index is 0.328. The van der Waals surface area contributed by atoms with Gasteiger partial charge in [-0.25, -0.2) is 4.79 Å². The van der Waals surface area contributed by atoms with Gasteiger partial charge in [-0.15, -0.1) is 0 Å². The molecule has 0 saturated carbocycles. The molecular weight excluding hydrogens is 202 g/mol. The normalized spacial score (nSPS) is 10.3. The summed E-state index contributed by atoms with van der Waals surface area (Å²) < 4.78 is 5.00. The maximum absolute atomic E-state index is 11.7. The highest BCUT2D eigenvalue weighted by molar-refractivity contribution is 6.05. The van der Waals surface area contributed by atoms with Crippen LogP contribution in [0.1, 0.15) is 17.3 Å². The quantitative estimate of drug-likeness (QED) is 0.618. The van der Waals surface area contributed by atoms with Crippen LogP contribution in [0.5, 0.6) is 0 Å². The first kappa shape index (κ1) is 10.5. The Bertz CT molecular complexity index is 534. The van der Waals surface area contributed by atoms with Crippen LogP contribution in [0.15, 0.2) is 36.4 Å². The first-order chi connectivity index (χ1) is 7.72. The largest absolute Gasteiger partial charge is 0.462 e. The predicted molar refractivity (Wildman–Crippen MR) is 64.3 cm³/mol. The number of nitrogen functional groups attached to an aromatic ring is 1. The van der Waals surface area contributed by atoms with Crippen molar-refractivity contribution < 1.29 is 9.53 Å². The summed E-state index contributed by atoms with van der Waals surface area (Å²) in [5.41, 5.74) is 6.85. The van der Waals surface area contributed by atoms with E-state index in [-0.39, 0.29) is 5.97 Å². The second-order valence-corrected chi connectivity index (χ2v) is 3.51. The number of rotatable bonds is 2. The lowest BCUT2D eigenvalue weighted by Gasteiger charge is -2.07. The number of carbonyl (C=O) groups excluding carboxylic acids is 1.